The maximum absolute atomic E-state index is 14.8. The number of unbranched alkanes of at least 4 members (excludes halogenated alkanes) is 4. The van der Waals surface area contributed by atoms with Crippen molar-refractivity contribution in [1.82, 2.24) is 4.98 Å². The van der Waals surface area contributed by atoms with Crippen molar-refractivity contribution in [2.75, 3.05) is 26.4 Å². The summed E-state index contributed by atoms with van der Waals surface area (Å²) in [6.07, 6.45) is 6.60. The van der Waals surface area contributed by atoms with Crippen LogP contribution in [0.1, 0.15) is 138 Å². The van der Waals surface area contributed by atoms with Crippen molar-refractivity contribution in [2.24, 2.45) is 0 Å². The Morgan fingerprint density at radius 1 is 0.625 bits per heavy atom. The molecule has 0 bridgehead atoms. The summed E-state index contributed by atoms with van der Waals surface area (Å²) in [4.78, 5) is 4.99. The molecule has 0 fully saturated rings. The molecule has 0 radical (unpaired) electrons. The van der Waals surface area contributed by atoms with Crippen molar-refractivity contribution in [3.63, 3.8) is 0 Å². The van der Waals surface area contributed by atoms with Gasteiger partial charge in [0.1, 0.15) is 0 Å². The third kappa shape index (κ3) is 12.4. The first-order valence-corrected chi connectivity index (χ1v) is 18.7. The second-order valence-corrected chi connectivity index (χ2v) is 17.6. The second kappa shape index (κ2) is 17.5. The van der Waals surface area contributed by atoms with Crippen LogP contribution in [-0.4, -0.2) is 36.8 Å². The Bertz CT molecular complexity index is 856. The minimum absolute atomic E-state index is 0.180. The van der Waals surface area contributed by atoms with Gasteiger partial charge in [0.15, 0.2) is 5.40 Å². The minimum atomic E-state index is -3.92. The molecule has 0 atom stereocenters. The molecule has 1 rings (SSSR count). The lowest BCUT2D eigenvalue weighted by atomic mass is 9.86. The number of hydrogen-bond acceptors (Lipinski definition) is 7. The fourth-order valence-corrected chi connectivity index (χ4v) is 9.27. The van der Waals surface area contributed by atoms with E-state index in [2.05, 4.69) is 69.2 Å². The molecule has 0 amide bonds. The van der Waals surface area contributed by atoms with Crippen LogP contribution in [0.2, 0.25) is 0 Å². The highest BCUT2D eigenvalue weighted by atomic mass is 31.2. The van der Waals surface area contributed by atoms with Crippen molar-refractivity contribution in [3.8, 4) is 0 Å². The lowest BCUT2D eigenvalue weighted by Gasteiger charge is -2.33. The summed E-state index contributed by atoms with van der Waals surface area (Å²) in [5, 5.41) is -1.08. The molecule has 1 aromatic heterocycles. The van der Waals surface area contributed by atoms with Gasteiger partial charge in [0.25, 0.3) is 0 Å². The molecule has 9 heteroatoms. The number of aromatic nitrogens is 1. The zero-order valence-corrected chi connectivity index (χ0v) is 29.0. The molecule has 0 saturated carbocycles. The molecule has 40 heavy (non-hydrogen) atoms. The van der Waals surface area contributed by atoms with Gasteiger partial charge < -0.3 is 18.1 Å². The topological polar surface area (TPSA) is 84.0 Å². The van der Waals surface area contributed by atoms with Crippen LogP contribution >= 0.6 is 15.2 Å². The van der Waals surface area contributed by atoms with E-state index >= 15 is 0 Å². The smallest absolute Gasteiger partial charge is 0.308 e. The largest absolute Gasteiger partial charge is 0.346 e. The van der Waals surface area contributed by atoms with Gasteiger partial charge in [0.05, 0.1) is 26.4 Å². The molecule has 0 spiro atoms. The molecule has 0 unspecified atom stereocenters. The number of rotatable bonds is 20. The van der Waals surface area contributed by atoms with Gasteiger partial charge in [0, 0.05) is 22.2 Å². The minimum Gasteiger partial charge on any atom is -0.308 e. The molecule has 7 nitrogen and oxygen atoms in total. The van der Waals surface area contributed by atoms with E-state index < -0.39 is 20.6 Å². The van der Waals surface area contributed by atoms with Crippen LogP contribution < -0.4 is 0 Å². The molecule has 1 heterocycles. The third-order valence-electron chi connectivity index (χ3n) is 6.65. The van der Waals surface area contributed by atoms with E-state index in [4.69, 9.17) is 23.1 Å². The molecule has 0 saturated heterocycles. The zero-order chi connectivity index (χ0) is 30.5. The van der Waals surface area contributed by atoms with Crippen molar-refractivity contribution >= 4 is 15.2 Å². The number of pyridine rings is 1. The monoisotopic (exact) mass is 603 g/mol. The van der Waals surface area contributed by atoms with E-state index in [1.807, 2.05) is 12.1 Å². The van der Waals surface area contributed by atoms with E-state index in [0.717, 1.165) is 68.3 Å². The Labute approximate surface area is 246 Å². The van der Waals surface area contributed by atoms with Gasteiger partial charge in [-0.15, -0.1) is 0 Å². The maximum Gasteiger partial charge on any atom is 0.346 e. The van der Waals surface area contributed by atoms with Gasteiger partial charge in [0.2, 0.25) is 0 Å². The maximum atomic E-state index is 14.8. The van der Waals surface area contributed by atoms with Gasteiger partial charge in [-0.3, -0.25) is 14.1 Å². The van der Waals surface area contributed by atoms with Gasteiger partial charge in [-0.1, -0.05) is 94.9 Å². The zero-order valence-electron chi connectivity index (χ0n) is 27.2. The highest BCUT2D eigenvalue weighted by Gasteiger charge is 2.51. The molecule has 0 N–H and O–H groups in total. The Morgan fingerprint density at radius 3 is 1.18 bits per heavy atom. The third-order valence-corrected chi connectivity index (χ3v) is 12.3. The van der Waals surface area contributed by atoms with Crippen LogP contribution in [0.15, 0.2) is 12.1 Å². The van der Waals surface area contributed by atoms with Crippen LogP contribution in [0, 0.1) is 0 Å². The molecule has 1 aromatic rings. The highest BCUT2D eigenvalue weighted by Crippen LogP contribution is 2.71. The van der Waals surface area contributed by atoms with Gasteiger partial charge in [-0.05, 0) is 49.8 Å². The van der Waals surface area contributed by atoms with E-state index in [1.165, 1.54) is 0 Å². The molecular formula is C31H59NO6P2. The van der Waals surface area contributed by atoms with Crippen molar-refractivity contribution < 1.29 is 27.2 Å². The lowest BCUT2D eigenvalue weighted by molar-refractivity contribution is 0.176. The summed E-state index contributed by atoms with van der Waals surface area (Å²) in [6, 6.07) is 4.07. The standard InChI is InChI=1S/C31H59NO6P2/c1-11-15-19-35-39(33,36-20-16-12-2)29(40(34,37-21-17-13-3)38-22-18-14-4)25-26-23-27(30(5,6)7)32-28(24-26)31(8,9)10/h23-24,29H,11-22,25H2,1-10H3. The fraction of sp³-hybridized carbons (Fsp3) is 0.839. The average Bonchev–Trinajstić information content (AvgIpc) is 2.87. The predicted octanol–water partition coefficient (Wildman–Crippen LogP) is 10.2. The Kier molecular flexibility index (Phi) is 16.4. The summed E-state index contributed by atoms with van der Waals surface area (Å²) < 4.78 is 53.9. The van der Waals surface area contributed by atoms with Crippen LogP contribution in [0.5, 0.6) is 0 Å². The molecule has 0 aliphatic heterocycles. The van der Waals surface area contributed by atoms with Crippen molar-refractivity contribution in [3.05, 3.63) is 29.1 Å². The van der Waals surface area contributed by atoms with Crippen LogP contribution in [0.3, 0.4) is 0 Å². The van der Waals surface area contributed by atoms with Crippen molar-refractivity contribution in [2.45, 2.75) is 143 Å². The molecule has 234 valence electrons. The second-order valence-electron chi connectivity index (χ2n) is 12.8. The average molecular weight is 604 g/mol. The van der Waals surface area contributed by atoms with E-state index in [9.17, 15) is 9.13 Å². The summed E-state index contributed by atoms with van der Waals surface area (Å²) in [6.45, 7) is 22.0. The Hall–Kier alpha value is -0.550. The Balaban J connectivity index is 3.80. The molecule has 0 aromatic carbocycles. The number of hydrogen-bond donors (Lipinski definition) is 0. The number of nitrogens with zero attached hydrogens (tertiary/aromatic N) is 1. The summed E-state index contributed by atoms with van der Waals surface area (Å²) in [7, 11) is -7.84. The quantitative estimate of drug-likeness (QED) is 0.108. The molecular weight excluding hydrogens is 544 g/mol. The summed E-state index contributed by atoms with van der Waals surface area (Å²) in [5.74, 6) is 0. The molecule has 0 aliphatic carbocycles. The predicted molar refractivity (Wildman–Crippen MR) is 168 cm³/mol. The van der Waals surface area contributed by atoms with E-state index in [1.54, 1.807) is 0 Å². The normalized spacial score (nSPS) is 13.4. The van der Waals surface area contributed by atoms with Gasteiger partial charge >= 0.3 is 15.2 Å². The van der Waals surface area contributed by atoms with Crippen LogP contribution in [0.4, 0.5) is 0 Å². The first-order valence-electron chi connectivity index (χ1n) is 15.5. The van der Waals surface area contributed by atoms with Crippen molar-refractivity contribution in [1.29, 1.82) is 0 Å². The van der Waals surface area contributed by atoms with Crippen LogP contribution in [-0.2, 0) is 44.5 Å². The first-order chi connectivity index (χ1) is 18.7. The lowest BCUT2D eigenvalue weighted by Crippen LogP contribution is -2.24. The summed E-state index contributed by atoms with van der Waals surface area (Å²) in [5.41, 5.74) is 2.32. The van der Waals surface area contributed by atoms with Gasteiger partial charge in [-0.2, -0.15) is 0 Å². The first kappa shape index (κ1) is 37.5. The molecule has 0 aliphatic rings. The van der Waals surface area contributed by atoms with Gasteiger partial charge in [-0.25, -0.2) is 0 Å². The summed E-state index contributed by atoms with van der Waals surface area (Å²) >= 11 is 0. The highest BCUT2D eigenvalue weighted by molar-refractivity contribution is 7.72. The van der Waals surface area contributed by atoms with E-state index in [0.29, 0.717) is 0 Å². The van der Waals surface area contributed by atoms with E-state index in [-0.39, 0.29) is 43.7 Å². The fourth-order valence-electron chi connectivity index (χ4n) is 3.84. The Morgan fingerprint density at radius 2 is 0.925 bits per heavy atom. The van der Waals surface area contributed by atoms with Crippen LogP contribution in [0.25, 0.3) is 0 Å². The SMILES string of the molecule is CCCCOP(=O)(OCCCC)C(Cc1cc(C(C)(C)C)nc(C(C)(C)C)c1)P(=O)(OCCCC)OCCCC.